The number of ether oxygens (including phenoxy) is 1. The first-order chi connectivity index (χ1) is 14.1. The Balaban J connectivity index is 1.54. The highest BCUT2D eigenvalue weighted by atomic mass is 16.5. The van der Waals surface area contributed by atoms with E-state index in [-0.39, 0.29) is 5.91 Å². The molecule has 1 aliphatic heterocycles. The number of guanidine groups is 1. The van der Waals surface area contributed by atoms with Crippen LogP contribution >= 0.6 is 0 Å². The topological polar surface area (TPSA) is 78.0 Å². The van der Waals surface area contributed by atoms with Gasteiger partial charge in [0.05, 0.1) is 13.1 Å². The van der Waals surface area contributed by atoms with Gasteiger partial charge in [-0.05, 0) is 49.3 Å². The lowest BCUT2D eigenvalue weighted by molar-refractivity contribution is -0.120. The van der Waals surface area contributed by atoms with Crippen LogP contribution in [0.25, 0.3) is 0 Å². The SMILES string of the molecule is CCNC(=NCc1ccc(N2CCNC(=O)C2)cc1)NCC1(CCOC)CCC1. The van der Waals surface area contributed by atoms with Crippen LogP contribution in [-0.4, -0.2) is 58.3 Å². The Morgan fingerprint density at radius 3 is 2.69 bits per heavy atom. The second-order valence-corrected chi connectivity index (χ2v) is 8.08. The van der Waals surface area contributed by atoms with Crippen LogP contribution in [0.2, 0.25) is 0 Å². The molecule has 7 nitrogen and oxygen atoms in total. The fourth-order valence-electron chi connectivity index (χ4n) is 3.96. The van der Waals surface area contributed by atoms with Gasteiger partial charge in [0.2, 0.25) is 5.91 Å². The number of nitrogens with one attached hydrogen (secondary N) is 3. The first kappa shape index (κ1) is 21.4. The Bertz CT molecular complexity index is 685. The molecule has 29 heavy (non-hydrogen) atoms. The number of amides is 1. The van der Waals surface area contributed by atoms with Crippen LogP contribution in [-0.2, 0) is 16.1 Å². The largest absolute Gasteiger partial charge is 0.385 e. The lowest BCUT2D eigenvalue weighted by atomic mass is 9.67. The monoisotopic (exact) mass is 401 g/mol. The highest BCUT2D eigenvalue weighted by molar-refractivity contribution is 5.82. The molecule has 2 aliphatic rings. The lowest BCUT2D eigenvalue weighted by Gasteiger charge is -2.42. The molecule has 160 valence electrons. The first-order valence-corrected chi connectivity index (χ1v) is 10.8. The summed E-state index contributed by atoms with van der Waals surface area (Å²) in [6.07, 6.45) is 4.94. The van der Waals surface area contributed by atoms with Gasteiger partial charge in [-0.3, -0.25) is 4.79 Å². The van der Waals surface area contributed by atoms with Gasteiger partial charge in [-0.15, -0.1) is 0 Å². The minimum absolute atomic E-state index is 0.0843. The molecular formula is C22H35N5O2. The minimum atomic E-state index is 0.0843. The molecule has 1 heterocycles. The Morgan fingerprint density at radius 2 is 2.07 bits per heavy atom. The summed E-state index contributed by atoms with van der Waals surface area (Å²) in [5.74, 6) is 0.953. The van der Waals surface area contributed by atoms with Gasteiger partial charge in [-0.25, -0.2) is 4.99 Å². The molecule has 1 amide bonds. The maximum atomic E-state index is 11.6. The van der Waals surface area contributed by atoms with Crippen LogP contribution in [0.3, 0.4) is 0 Å². The van der Waals surface area contributed by atoms with E-state index in [1.165, 1.54) is 19.3 Å². The Kier molecular flexibility index (Phi) is 7.75. The number of nitrogens with zero attached hydrogens (tertiary/aromatic N) is 2. The fourth-order valence-corrected chi connectivity index (χ4v) is 3.96. The van der Waals surface area contributed by atoms with Gasteiger partial charge in [0, 0.05) is 45.6 Å². The number of hydrogen-bond acceptors (Lipinski definition) is 4. The second-order valence-electron chi connectivity index (χ2n) is 8.08. The third kappa shape index (κ3) is 6.10. The molecular weight excluding hydrogens is 366 g/mol. The Morgan fingerprint density at radius 1 is 1.28 bits per heavy atom. The normalized spacial score (nSPS) is 18.8. The third-order valence-electron chi connectivity index (χ3n) is 5.99. The molecule has 1 aromatic rings. The number of carbonyl (C=O) groups is 1. The quantitative estimate of drug-likeness (QED) is 0.435. The number of piperazine rings is 1. The summed E-state index contributed by atoms with van der Waals surface area (Å²) >= 11 is 0. The van der Waals surface area contributed by atoms with Crippen LogP contribution in [0.5, 0.6) is 0 Å². The van der Waals surface area contributed by atoms with E-state index < -0.39 is 0 Å². The van der Waals surface area contributed by atoms with Gasteiger partial charge in [0.1, 0.15) is 0 Å². The molecule has 3 rings (SSSR count). The molecule has 1 aliphatic carbocycles. The maximum absolute atomic E-state index is 11.6. The summed E-state index contributed by atoms with van der Waals surface area (Å²) in [5, 5.41) is 9.75. The van der Waals surface area contributed by atoms with E-state index in [9.17, 15) is 4.79 Å². The lowest BCUT2D eigenvalue weighted by Crippen LogP contribution is -2.47. The van der Waals surface area contributed by atoms with Crippen molar-refractivity contribution < 1.29 is 9.53 Å². The van der Waals surface area contributed by atoms with Crippen molar-refractivity contribution in [3.05, 3.63) is 29.8 Å². The van der Waals surface area contributed by atoms with Gasteiger partial charge in [-0.1, -0.05) is 18.6 Å². The van der Waals surface area contributed by atoms with E-state index in [1.807, 2.05) is 0 Å². The van der Waals surface area contributed by atoms with Gasteiger partial charge in [-0.2, -0.15) is 0 Å². The van der Waals surface area contributed by atoms with E-state index in [4.69, 9.17) is 9.73 Å². The summed E-state index contributed by atoms with van der Waals surface area (Å²) < 4.78 is 5.29. The van der Waals surface area contributed by atoms with Crippen LogP contribution in [0.15, 0.2) is 29.3 Å². The Labute approximate surface area is 174 Å². The summed E-state index contributed by atoms with van der Waals surface area (Å²) in [5.41, 5.74) is 2.60. The molecule has 1 saturated heterocycles. The second kappa shape index (κ2) is 10.5. The number of rotatable bonds is 9. The highest BCUT2D eigenvalue weighted by Crippen LogP contribution is 2.43. The van der Waals surface area contributed by atoms with Crippen molar-refractivity contribution in [2.45, 2.75) is 39.2 Å². The molecule has 7 heteroatoms. The molecule has 3 N–H and O–H groups in total. The summed E-state index contributed by atoms with van der Waals surface area (Å²) in [6.45, 7) is 7.30. The number of aliphatic imine (C=N–C) groups is 1. The number of carbonyl (C=O) groups excluding carboxylic acids is 1. The predicted octanol–water partition coefficient (Wildman–Crippen LogP) is 1.88. The number of anilines is 1. The standard InChI is InChI=1S/C22H35N5O2/c1-3-23-21(26-17-22(9-4-10-22)11-14-29-2)25-15-18-5-7-19(8-6-18)27-13-12-24-20(28)16-27/h5-8H,3-4,9-17H2,1-2H3,(H,24,28)(H2,23,25,26). The molecule has 0 aromatic heterocycles. The maximum Gasteiger partial charge on any atom is 0.239 e. The number of benzene rings is 1. The van der Waals surface area contributed by atoms with E-state index in [0.29, 0.717) is 25.0 Å². The molecule has 0 unspecified atom stereocenters. The number of methoxy groups -OCH3 is 1. The summed E-state index contributed by atoms with van der Waals surface area (Å²) in [4.78, 5) is 18.4. The van der Waals surface area contributed by atoms with Crippen molar-refractivity contribution in [1.29, 1.82) is 0 Å². The average Bonchev–Trinajstić information content (AvgIpc) is 2.71. The summed E-state index contributed by atoms with van der Waals surface area (Å²) in [6, 6.07) is 8.36. The zero-order valence-electron chi connectivity index (χ0n) is 17.8. The first-order valence-electron chi connectivity index (χ1n) is 10.8. The zero-order chi connectivity index (χ0) is 20.5. The highest BCUT2D eigenvalue weighted by Gasteiger charge is 2.36. The molecule has 0 radical (unpaired) electrons. The molecule has 0 spiro atoms. The van der Waals surface area contributed by atoms with E-state index in [0.717, 1.165) is 49.9 Å². The minimum Gasteiger partial charge on any atom is -0.385 e. The van der Waals surface area contributed by atoms with Crippen LogP contribution < -0.4 is 20.9 Å². The van der Waals surface area contributed by atoms with E-state index in [2.05, 4.69) is 52.0 Å². The van der Waals surface area contributed by atoms with E-state index >= 15 is 0 Å². The molecule has 0 atom stereocenters. The van der Waals surface area contributed by atoms with Gasteiger partial charge in [0.25, 0.3) is 0 Å². The molecule has 0 bridgehead atoms. The van der Waals surface area contributed by atoms with Crippen molar-refractivity contribution in [2.75, 3.05) is 51.3 Å². The van der Waals surface area contributed by atoms with Gasteiger partial charge >= 0.3 is 0 Å². The van der Waals surface area contributed by atoms with Gasteiger partial charge < -0.3 is 25.6 Å². The van der Waals surface area contributed by atoms with Crippen molar-refractivity contribution in [3.63, 3.8) is 0 Å². The fraction of sp³-hybridized carbons (Fsp3) is 0.636. The smallest absolute Gasteiger partial charge is 0.239 e. The van der Waals surface area contributed by atoms with E-state index in [1.54, 1.807) is 7.11 Å². The Hall–Kier alpha value is -2.28. The molecule has 1 aromatic carbocycles. The van der Waals surface area contributed by atoms with Crippen LogP contribution in [0, 0.1) is 5.41 Å². The van der Waals surface area contributed by atoms with Crippen LogP contribution in [0.1, 0.15) is 38.2 Å². The van der Waals surface area contributed by atoms with Crippen molar-refractivity contribution >= 4 is 17.6 Å². The van der Waals surface area contributed by atoms with Crippen molar-refractivity contribution in [1.82, 2.24) is 16.0 Å². The summed E-state index contributed by atoms with van der Waals surface area (Å²) in [7, 11) is 1.77. The molecule has 2 fully saturated rings. The van der Waals surface area contributed by atoms with Crippen LogP contribution in [0.4, 0.5) is 5.69 Å². The third-order valence-corrected chi connectivity index (χ3v) is 5.99. The number of hydrogen-bond donors (Lipinski definition) is 3. The van der Waals surface area contributed by atoms with Gasteiger partial charge in [0.15, 0.2) is 5.96 Å². The zero-order valence-corrected chi connectivity index (χ0v) is 17.8. The molecule has 1 saturated carbocycles. The van der Waals surface area contributed by atoms with Crippen molar-refractivity contribution in [2.24, 2.45) is 10.4 Å². The average molecular weight is 402 g/mol. The predicted molar refractivity (Wildman–Crippen MR) is 117 cm³/mol. The van der Waals surface area contributed by atoms with Crippen molar-refractivity contribution in [3.8, 4) is 0 Å².